The van der Waals surface area contributed by atoms with Gasteiger partial charge in [0.2, 0.25) is 5.91 Å². The van der Waals surface area contributed by atoms with Gasteiger partial charge in [-0.2, -0.15) is 0 Å². The molecule has 2 aliphatic rings. The van der Waals surface area contributed by atoms with Crippen LogP contribution in [0.15, 0.2) is 0 Å². The molecule has 1 unspecified atom stereocenters. The zero-order chi connectivity index (χ0) is 11.9. The third-order valence-corrected chi connectivity index (χ3v) is 3.68. The van der Waals surface area contributed by atoms with Crippen LogP contribution in [0.4, 0.5) is 0 Å². The molecule has 0 bridgehead atoms. The standard InChI is InChI=1S/C13H24N2O2/c16-13(12-7-3-4-8-14-12)15-9-10-17-11-5-1-2-6-11/h11-12,14H,1-10H2,(H,15,16). The third kappa shape index (κ3) is 4.28. The molecule has 1 aliphatic carbocycles. The summed E-state index contributed by atoms with van der Waals surface area (Å²) < 4.78 is 5.71. The lowest BCUT2D eigenvalue weighted by molar-refractivity contribution is -0.124. The van der Waals surface area contributed by atoms with Crippen LogP contribution in [0.5, 0.6) is 0 Å². The van der Waals surface area contributed by atoms with Crippen LogP contribution in [-0.2, 0) is 9.53 Å². The van der Waals surface area contributed by atoms with E-state index in [0.29, 0.717) is 19.3 Å². The molecule has 1 atom stereocenters. The fourth-order valence-corrected chi connectivity index (χ4v) is 2.65. The van der Waals surface area contributed by atoms with E-state index >= 15 is 0 Å². The average molecular weight is 240 g/mol. The van der Waals surface area contributed by atoms with Crippen molar-refractivity contribution in [2.24, 2.45) is 0 Å². The SMILES string of the molecule is O=C(NCCOC1CCCC1)C1CCCCN1. The Kier molecular flexibility index (Phi) is 5.26. The van der Waals surface area contributed by atoms with E-state index in [4.69, 9.17) is 4.74 Å². The summed E-state index contributed by atoms with van der Waals surface area (Å²) in [6.45, 7) is 2.27. The zero-order valence-corrected chi connectivity index (χ0v) is 10.5. The number of hydrogen-bond donors (Lipinski definition) is 2. The van der Waals surface area contributed by atoms with Crippen molar-refractivity contribution < 1.29 is 9.53 Å². The van der Waals surface area contributed by atoms with E-state index in [0.717, 1.165) is 19.4 Å². The lowest BCUT2D eigenvalue weighted by Gasteiger charge is -2.22. The Bertz CT molecular complexity index is 234. The maximum absolute atomic E-state index is 11.8. The molecule has 2 fully saturated rings. The van der Waals surface area contributed by atoms with Gasteiger partial charge in [0, 0.05) is 6.54 Å². The Labute approximate surface area is 103 Å². The molecule has 1 amide bonds. The van der Waals surface area contributed by atoms with Crippen LogP contribution in [0, 0.1) is 0 Å². The van der Waals surface area contributed by atoms with Crippen LogP contribution in [0.1, 0.15) is 44.9 Å². The summed E-state index contributed by atoms with van der Waals surface area (Å²) in [5.41, 5.74) is 0. The number of carbonyl (C=O) groups is 1. The van der Waals surface area contributed by atoms with Crippen LogP contribution in [0.3, 0.4) is 0 Å². The van der Waals surface area contributed by atoms with Gasteiger partial charge in [-0.1, -0.05) is 19.3 Å². The van der Waals surface area contributed by atoms with Gasteiger partial charge in [-0.05, 0) is 32.2 Å². The first-order valence-corrected chi connectivity index (χ1v) is 6.99. The van der Waals surface area contributed by atoms with Crippen LogP contribution in [0.2, 0.25) is 0 Å². The first kappa shape index (κ1) is 12.8. The molecule has 17 heavy (non-hydrogen) atoms. The van der Waals surface area contributed by atoms with Gasteiger partial charge in [-0.15, -0.1) is 0 Å². The molecule has 0 radical (unpaired) electrons. The summed E-state index contributed by atoms with van der Waals surface area (Å²) in [7, 11) is 0. The highest BCUT2D eigenvalue weighted by molar-refractivity contribution is 5.81. The Morgan fingerprint density at radius 1 is 1.18 bits per heavy atom. The van der Waals surface area contributed by atoms with Crippen molar-refractivity contribution in [2.45, 2.75) is 57.1 Å². The van der Waals surface area contributed by atoms with Gasteiger partial charge >= 0.3 is 0 Å². The van der Waals surface area contributed by atoms with Gasteiger partial charge < -0.3 is 15.4 Å². The summed E-state index contributed by atoms with van der Waals surface area (Å²) >= 11 is 0. The topological polar surface area (TPSA) is 50.4 Å². The first-order chi connectivity index (χ1) is 8.36. The highest BCUT2D eigenvalue weighted by Crippen LogP contribution is 2.20. The van der Waals surface area contributed by atoms with Crippen molar-refractivity contribution in [3.05, 3.63) is 0 Å². The summed E-state index contributed by atoms with van der Waals surface area (Å²) in [5, 5.41) is 6.20. The molecule has 4 heteroatoms. The molecular formula is C13H24N2O2. The van der Waals surface area contributed by atoms with Crippen molar-refractivity contribution in [1.29, 1.82) is 0 Å². The van der Waals surface area contributed by atoms with Crippen LogP contribution < -0.4 is 10.6 Å². The van der Waals surface area contributed by atoms with Gasteiger partial charge in [0.1, 0.15) is 0 Å². The highest BCUT2D eigenvalue weighted by atomic mass is 16.5. The molecule has 0 aromatic rings. The van der Waals surface area contributed by atoms with Crippen LogP contribution >= 0.6 is 0 Å². The molecule has 1 aliphatic heterocycles. The number of ether oxygens (including phenoxy) is 1. The summed E-state index contributed by atoms with van der Waals surface area (Å²) in [6.07, 6.45) is 8.73. The second-order valence-electron chi connectivity index (χ2n) is 5.07. The molecule has 1 saturated heterocycles. The molecule has 2 N–H and O–H groups in total. The predicted molar refractivity (Wildman–Crippen MR) is 66.9 cm³/mol. The van der Waals surface area contributed by atoms with Gasteiger partial charge in [-0.25, -0.2) is 0 Å². The Balaban J connectivity index is 1.53. The van der Waals surface area contributed by atoms with Gasteiger partial charge in [0.25, 0.3) is 0 Å². The maximum atomic E-state index is 11.8. The third-order valence-electron chi connectivity index (χ3n) is 3.68. The predicted octanol–water partition coefficient (Wildman–Crippen LogP) is 1.20. The fraction of sp³-hybridized carbons (Fsp3) is 0.923. The summed E-state index contributed by atoms with van der Waals surface area (Å²) in [6, 6.07) is 0.0234. The average Bonchev–Trinajstić information content (AvgIpc) is 2.88. The minimum absolute atomic E-state index is 0.0234. The Morgan fingerprint density at radius 3 is 2.65 bits per heavy atom. The van der Waals surface area contributed by atoms with E-state index in [1.807, 2.05) is 0 Å². The number of amides is 1. The summed E-state index contributed by atoms with van der Waals surface area (Å²) in [4.78, 5) is 11.8. The van der Waals surface area contributed by atoms with Gasteiger partial charge in [0.05, 0.1) is 18.8 Å². The Morgan fingerprint density at radius 2 is 1.94 bits per heavy atom. The zero-order valence-electron chi connectivity index (χ0n) is 10.5. The number of nitrogens with one attached hydrogen (secondary N) is 2. The Hall–Kier alpha value is -0.610. The van der Waals surface area contributed by atoms with E-state index in [1.165, 1.54) is 32.1 Å². The van der Waals surface area contributed by atoms with E-state index < -0.39 is 0 Å². The molecule has 1 heterocycles. The normalized spacial score (nSPS) is 26.0. The van der Waals surface area contributed by atoms with Crippen LogP contribution in [-0.4, -0.2) is 37.7 Å². The lowest BCUT2D eigenvalue weighted by Crippen LogP contribution is -2.47. The molecular weight excluding hydrogens is 216 g/mol. The molecule has 1 saturated carbocycles. The second kappa shape index (κ2) is 6.97. The molecule has 0 aromatic heterocycles. The second-order valence-corrected chi connectivity index (χ2v) is 5.07. The number of piperidine rings is 1. The minimum Gasteiger partial charge on any atom is -0.376 e. The quantitative estimate of drug-likeness (QED) is 0.710. The van der Waals surface area contributed by atoms with E-state index in [2.05, 4.69) is 10.6 Å². The maximum Gasteiger partial charge on any atom is 0.237 e. The largest absolute Gasteiger partial charge is 0.376 e. The van der Waals surface area contributed by atoms with Crippen molar-refractivity contribution in [3.63, 3.8) is 0 Å². The molecule has 0 aromatic carbocycles. The highest BCUT2D eigenvalue weighted by Gasteiger charge is 2.20. The van der Waals surface area contributed by atoms with E-state index in [1.54, 1.807) is 0 Å². The van der Waals surface area contributed by atoms with Crippen molar-refractivity contribution in [1.82, 2.24) is 10.6 Å². The van der Waals surface area contributed by atoms with E-state index in [-0.39, 0.29) is 11.9 Å². The monoisotopic (exact) mass is 240 g/mol. The van der Waals surface area contributed by atoms with Gasteiger partial charge in [0.15, 0.2) is 0 Å². The van der Waals surface area contributed by atoms with Crippen molar-refractivity contribution >= 4 is 5.91 Å². The smallest absolute Gasteiger partial charge is 0.237 e. The molecule has 98 valence electrons. The molecule has 4 nitrogen and oxygen atoms in total. The number of carbonyl (C=O) groups excluding carboxylic acids is 1. The van der Waals surface area contributed by atoms with E-state index in [9.17, 15) is 4.79 Å². The number of rotatable bonds is 5. The van der Waals surface area contributed by atoms with Gasteiger partial charge in [-0.3, -0.25) is 4.79 Å². The first-order valence-electron chi connectivity index (χ1n) is 6.99. The summed E-state index contributed by atoms with van der Waals surface area (Å²) in [5.74, 6) is 0.139. The number of hydrogen-bond acceptors (Lipinski definition) is 3. The van der Waals surface area contributed by atoms with Crippen molar-refractivity contribution in [2.75, 3.05) is 19.7 Å². The lowest BCUT2D eigenvalue weighted by atomic mass is 10.0. The molecule has 0 spiro atoms. The minimum atomic E-state index is 0.0234. The van der Waals surface area contributed by atoms with Crippen molar-refractivity contribution in [3.8, 4) is 0 Å². The fourth-order valence-electron chi connectivity index (χ4n) is 2.65. The van der Waals surface area contributed by atoms with Crippen LogP contribution in [0.25, 0.3) is 0 Å². The molecule has 2 rings (SSSR count).